The van der Waals surface area contributed by atoms with Gasteiger partial charge >= 0.3 is 0 Å². The summed E-state index contributed by atoms with van der Waals surface area (Å²) < 4.78 is 0. The third-order valence-electron chi connectivity index (χ3n) is 12.3. The highest BCUT2D eigenvalue weighted by molar-refractivity contribution is 6.22. The van der Waals surface area contributed by atoms with Gasteiger partial charge in [0.25, 0.3) is 0 Å². The third-order valence-corrected chi connectivity index (χ3v) is 12.3. The first-order chi connectivity index (χ1) is 30.8. The molecular formula is C60H44N2. The summed E-state index contributed by atoms with van der Waals surface area (Å²) in [5.41, 5.74) is 14.3. The molecule has 0 bridgehead atoms. The SMILES string of the molecule is C1=CCCC(N(c2ccccc2)c2ccc(N(c3ccccc3)c3ccc(-c4ccc5c(-c6ccccc6)c6ccccc6c(-c6ccccc6)c5c4)cc3)c3ccccc23)=C1. The van der Waals surface area contributed by atoms with E-state index in [1.54, 1.807) is 0 Å². The van der Waals surface area contributed by atoms with Crippen LogP contribution in [0.1, 0.15) is 12.8 Å². The van der Waals surface area contributed by atoms with E-state index in [2.05, 4.69) is 252 Å². The molecule has 0 radical (unpaired) electrons. The molecule has 2 heteroatoms. The number of benzene rings is 10. The van der Waals surface area contributed by atoms with Crippen molar-refractivity contribution in [1.29, 1.82) is 0 Å². The van der Waals surface area contributed by atoms with Gasteiger partial charge in [-0.05, 0) is 128 Å². The maximum absolute atomic E-state index is 2.44. The predicted molar refractivity (Wildman–Crippen MR) is 265 cm³/mol. The average Bonchev–Trinajstić information content (AvgIpc) is 3.35. The zero-order valence-electron chi connectivity index (χ0n) is 34.4. The molecule has 1 aliphatic rings. The fourth-order valence-electron chi connectivity index (χ4n) is 9.47. The van der Waals surface area contributed by atoms with Crippen LogP contribution in [0.2, 0.25) is 0 Å². The first kappa shape index (κ1) is 37.1. The van der Waals surface area contributed by atoms with Gasteiger partial charge in [0.05, 0.1) is 11.4 Å². The van der Waals surface area contributed by atoms with Crippen molar-refractivity contribution in [2.75, 3.05) is 9.80 Å². The molecule has 10 aromatic carbocycles. The predicted octanol–water partition coefficient (Wildman–Crippen LogP) is 17.0. The molecule has 0 saturated carbocycles. The Labute approximate surface area is 363 Å². The van der Waals surface area contributed by atoms with Crippen LogP contribution in [0.5, 0.6) is 0 Å². The van der Waals surface area contributed by atoms with Crippen LogP contribution in [0.15, 0.2) is 248 Å². The van der Waals surface area contributed by atoms with Crippen LogP contribution in [0.25, 0.3) is 65.7 Å². The summed E-state index contributed by atoms with van der Waals surface area (Å²) in [6.45, 7) is 0. The van der Waals surface area contributed by atoms with E-state index in [-0.39, 0.29) is 0 Å². The number of hydrogen-bond acceptors (Lipinski definition) is 2. The lowest BCUT2D eigenvalue weighted by Gasteiger charge is -2.32. The maximum Gasteiger partial charge on any atom is 0.0541 e. The highest BCUT2D eigenvalue weighted by atomic mass is 15.2. The summed E-state index contributed by atoms with van der Waals surface area (Å²) >= 11 is 0. The van der Waals surface area contributed by atoms with Gasteiger partial charge in [-0.3, -0.25) is 0 Å². The van der Waals surface area contributed by atoms with Crippen molar-refractivity contribution in [3.63, 3.8) is 0 Å². The van der Waals surface area contributed by atoms with Crippen LogP contribution in [-0.4, -0.2) is 0 Å². The lowest BCUT2D eigenvalue weighted by atomic mass is 9.85. The Morgan fingerprint density at radius 3 is 1.29 bits per heavy atom. The number of allylic oxidation sites excluding steroid dienone is 4. The van der Waals surface area contributed by atoms with Gasteiger partial charge in [-0.15, -0.1) is 0 Å². The molecule has 0 amide bonds. The molecule has 1 aliphatic carbocycles. The van der Waals surface area contributed by atoms with E-state index in [9.17, 15) is 0 Å². The summed E-state index contributed by atoms with van der Waals surface area (Å²) in [4.78, 5) is 4.84. The number of rotatable bonds is 9. The molecule has 0 aliphatic heterocycles. The summed E-state index contributed by atoms with van der Waals surface area (Å²) in [5, 5.41) is 7.41. The van der Waals surface area contributed by atoms with Crippen LogP contribution >= 0.6 is 0 Å². The molecule has 0 saturated heterocycles. The van der Waals surface area contributed by atoms with Gasteiger partial charge in [-0.2, -0.15) is 0 Å². The summed E-state index contributed by atoms with van der Waals surface area (Å²) in [6.07, 6.45) is 8.72. The maximum atomic E-state index is 2.44. The smallest absolute Gasteiger partial charge is 0.0541 e. The fourth-order valence-corrected chi connectivity index (χ4v) is 9.47. The molecule has 62 heavy (non-hydrogen) atoms. The summed E-state index contributed by atoms with van der Waals surface area (Å²) in [7, 11) is 0. The van der Waals surface area contributed by atoms with Crippen molar-refractivity contribution in [3.05, 3.63) is 248 Å². The quantitative estimate of drug-likeness (QED) is 0.134. The van der Waals surface area contributed by atoms with Gasteiger partial charge in [-0.1, -0.05) is 182 Å². The van der Waals surface area contributed by atoms with E-state index < -0.39 is 0 Å². The Hall–Kier alpha value is -7.94. The van der Waals surface area contributed by atoms with Gasteiger partial charge in [0.2, 0.25) is 0 Å². The first-order valence-corrected chi connectivity index (χ1v) is 21.6. The Bertz CT molecular complexity index is 3260. The minimum atomic E-state index is 0.986. The number of hydrogen-bond donors (Lipinski definition) is 0. The largest absolute Gasteiger partial charge is 0.314 e. The molecular weight excluding hydrogens is 749 g/mol. The van der Waals surface area contributed by atoms with Crippen molar-refractivity contribution in [3.8, 4) is 33.4 Å². The number of anilines is 5. The fraction of sp³-hybridized carbons (Fsp3) is 0.0333. The van der Waals surface area contributed by atoms with Crippen LogP contribution in [0.3, 0.4) is 0 Å². The van der Waals surface area contributed by atoms with Crippen molar-refractivity contribution in [2.45, 2.75) is 12.8 Å². The topological polar surface area (TPSA) is 6.48 Å². The van der Waals surface area contributed by atoms with Gasteiger partial charge in [-0.25, -0.2) is 0 Å². The van der Waals surface area contributed by atoms with E-state index in [1.165, 1.54) is 77.1 Å². The van der Waals surface area contributed by atoms with Crippen LogP contribution < -0.4 is 9.80 Å². The molecule has 0 atom stereocenters. The van der Waals surface area contributed by atoms with Crippen LogP contribution in [0.4, 0.5) is 28.4 Å². The standard InChI is InChI=1S/C60H44N2/c1-6-20-44(21-7-1)59-53-32-18-19-33-54(53)60(45-22-8-2-9-23-45)56-42-46(36-39-55(56)59)43-34-37-50(38-35-43)62(49-28-14-5-15-29-49)58-41-40-57(51-30-16-17-31-52(51)58)61(47-24-10-3-11-25-47)48-26-12-4-13-27-48/h1-12,14-26,28-42H,13,27H2. The van der Waals surface area contributed by atoms with E-state index in [0.29, 0.717) is 0 Å². The second-order valence-electron chi connectivity index (χ2n) is 16.0. The molecule has 0 aromatic heterocycles. The summed E-state index contributed by atoms with van der Waals surface area (Å²) in [5.74, 6) is 0. The minimum absolute atomic E-state index is 0.986. The molecule has 0 N–H and O–H groups in total. The van der Waals surface area contributed by atoms with Crippen molar-refractivity contribution >= 4 is 60.8 Å². The first-order valence-electron chi connectivity index (χ1n) is 21.6. The van der Waals surface area contributed by atoms with Crippen molar-refractivity contribution < 1.29 is 0 Å². The molecule has 11 rings (SSSR count). The van der Waals surface area contributed by atoms with Crippen molar-refractivity contribution in [2.24, 2.45) is 0 Å². The number of para-hydroxylation sites is 2. The number of fused-ring (bicyclic) bond motifs is 3. The third kappa shape index (κ3) is 6.73. The Kier molecular flexibility index (Phi) is 9.72. The van der Waals surface area contributed by atoms with Gasteiger partial charge < -0.3 is 9.80 Å². The lowest BCUT2D eigenvalue weighted by molar-refractivity contribution is 0.919. The molecule has 294 valence electrons. The van der Waals surface area contributed by atoms with Crippen molar-refractivity contribution in [1.82, 2.24) is 0 Å². The van der Waals surface area contributed by atoms with E-state index >= 15 is 0 Å². The van der Waals surface area contributed by atoms with E-state index in [1.807, 2.05) is 0 Å². The molecule has 10 aromatic rings. The van der Waals surface area contributed by atoms with Gasteiger partial charge in [0, 0.05) is 33.5 Å². The van der Waals surface area contributed by atoms with E-state index in [0.717, 1.165) is 35.6 Å². The zero-order chi connectivity index (χ0) is 41.2. The number of nitrogens with zero attached hydrogens (tertiary/aromatic N) is 2. The Morgan fingerprint density at radius 2 is 0.742 bits per heavy atom. The zero-order valence-corrected chi connectivity index (χ0v) is 34.4. The van der Waals surface area contributed by atoms with Gasteiger partial charge in [0.1, 0.15) is 0 Å². The molecule has 0 spiro atoms. The van der Waals surface area contributed by atoms with Crippen LogP contribution in [0, 0.1) is 0 Å². The highest BCUT2D eigenvalue weighted by Gasteiger charge is 2.22. The second-order valence-corrected chi connectivity index (χ2v) is 16.0. The van der Waals surface area contributed by atoms with Gasteiger partial charge in [0.15, 0.2) is 0 Å². The molecule has 0 heterocycles. The Morgan fingerprint density at radius 1 is 0.306 bits per heavy atom. The Balaban J connectivity index is 1.05. The van der Waals surface area contributed by atoms with E-state index in [4.69, 9.17) is 0 Å². The lowest BCUT2D eigenvalue weighted by Crippen LogP contribution is -2.18. The molecule has 2 nitrogen and oxygen atoms in total. The normalized spacial score (nSPS) is 12.4. The summed E-state index contributed by atoms with van der Waals surface area (Å²) in [6, 6.07) is 81.7. The molecule has 0 unspecified atom stereocenters. The highest BCUT2D eigenvalue weighted by Crippen LogP contribution is 2.47. The average molecular weight is 793 g/mol. The second kappa shape index (κ2) is 16.3. The molecule has 0 fully saturated rings. The van der Waals surface area contributed by atoms with Crippen LogP contribution in [-0.2, 0) is 0 Å². The minimum Gasteiger partial charge on any atom is -0.314 e. The monoisotopic (exact) mass is 792 g/mol.